The number of nitrogens with one attached hydrogen (secondary N) is 1. The van der Waals surface area contributed by atoms with Crippen molar-refractivity contribution in [2.45, 2.75) is 38.8 Å². The molecule has 2 nitrogen and oxygen atoms in total. The molecule has 1 aromatic rings. The fourth-order valence-electron chi connectivity index (χ4n) is 2.63. The summed E-state index contributed by atoms with van der Waals surface area (Å²) in [6.45, 7) is 5.29. The van der Waals surface area contributed by atoms with Crippen LogP contribution in [0.25, 0.3) is 0 Å². The van der Waals surface area contributed by atoms with E-state index in [9.17, 15) is 13.2 Å². The predicted molar refractivity (Wildman–Crippen MR) is 70.9 cm³/mol. The van der Waals surface area contributed by atoms with Gasteiger partial charge >= 0.3 is 0 Å². The van der Waals surface area contributed by atoms with Crippen molar-refractivity contribution >= 4 is 0 Å². The SMILES string of the molecule is CCCNC(c1ccc(F)c(F)c1F)C1OCCC1C. The van der Waals surface area contributed by atoms with Crippen LogP contribution < -0.4 is 5.32 Å². The lowest BCUT2D eigenvalue weighted by molar-refractivity contribution is 0.0593. The van der Waals surface area contributed by atoms with Crippen LogP contribution in [0.15, 0.2) is 12.1 Å². The van der Waals surface area contributed by atoms with Gasteiger partial charge < -0.3 is 10.1 Å². The lowest BCUT2D eigenvalue weighted by Gasteiger charge is -2.28. The van der Waals surface area contributed by atoms with Gasteiger partial charge in [0, 0.05) is 12.2 Å². The van der Waals surface area contributed by atoms with Crippen LogP contribution in [-0.2, 0) is 4.74 Å². The number of rotatable bonds is 5. The lowest BCUT2D eigenvalue weighted by atomic mass is 9.92. The molecule has 1 N–H and O–H groups in total. The molecule has 3 atom stereocenters. The highest BCUT2D eigenvalue weighted by atomic mass is 19.2. The average Bonchev–Trinajstić information content (AvgIpc) is 2.85. The Kier molecular flexibility index (Phi) is 5.05. The van der Waals surface area contributed by atoms with E-state index in [1.165, 1.54) is 6.07 Å². The Morgan fingerprint density at radius 3 is 2.65 bits per heavy atom. The van der Waals surface area contributed by atoms with Crippen molar-refractivity contribution in [1.82, 2.24) is 5.32 Å². The number of ether oxygens (including phenoxy) is 1. The van der Waals surface area contributed by atoms with E-state index in [2.05, 4.69) is 5.32 Å². The molecule has 0 aromatic heterocycles. The maximum absolute atomic E-state index is 14.0. The second kappa shape index (κ2) is 6.59. The topological polar surface area (TPSA) is 21.3 Å². The van der Waals surface area contributed by atoms with Gasteiger partial charge in [-0.1, -0.05) is 19.9 Å². The molecule has 1 aliphatic heterocycles. The third kappa shape index (κ3) is 2.99. The van der Waals surface area contributed by atoms with Gasteiger partial charge in [0.25, 0.3) is 0 Å². The Labute approximate surface area is 117 Å². The van der Waals surface area contributed by atoms with Gasteiger partial charge in [-0.15, -0.1) is 0 Å². The summed E-state index contributed by atoms with van der Waals surface area (Å²) in [7, 11) is 0. The monoisotopic (exact) mass is 287 g/mol. The van der Waals surface area contributed by atoms with Crippen LogP contribution in [0, 0.1) is 23.4 Å². The first-order valence-electron chi connectivity index (χ1n) is 7.04. The highest BCUT2D eigenvalue weighted by Gasteiger charge is 2.35. The van der Waals surface area contributed by atoms with Gasteiger partial charge in [-0.05, 0) is 31.4 Å². The Hall–Kier alpha value is -1.07. The quantitative estimate of drug-likeness (QED) is 0.836. The number of halogens is 3. The van der Waals surface area contributed by atoms with Crippen LogP contribution in [0.5, 0.6) is 0 Å². The maximum atomic E-state index is 14.0. The second-order valence-corrected chi connectivity index (χ2v) is 5.30. The van der Waals surface area contributed by atoms with Crippen molar-refractivity contribution in [3.8, 4) is 0 Å². The normalized spacial score (nSPS) is 24.1. The van der Waals surface area contributed by atoms with Gasteiger partial charge in [0.1, 0.15) is 0 Å². The first kappa shape index (κ1) is 15.3. The van der Waals surface area contributed by atoms with E-state index in [-0.39, 0.29) is 17.6 Å². The highest BCUT2D eigenvalue weighted by Crippen LogP contribution is 2.33. The zero-order valence-corrected chi connectivity index (χ0v) is 11.8. The average molecular weight is 287 g/mol. The van der Waals surface area contributed by atoms with Crippen molar-refractivity contribution in [3.05, 3.63) is 35.1 Å². The Bertz CT molecular complexity index is 467. The van der Waals surface area contributed by atoms with Gasteiger partial charge in [-0.2, -0.15) is 0 Å². The summed E-state index contributed by atoms with van der Waals surface area (Å²) in [5.41, 5.74) is 0.135. The molecule has 1 aromatic carbocycles. The van der Waals surface area contributed by atoms with Crippen LogP contribution in [0.4, 0.5) is 13.2 Å². The highest BCUT2D eigenvalue weighted by molar-refractivity contribution is 5.25. The summed E-state index contributed by atoms with van der Waals surface area (Å²) < 4.78 is 46.2. The molecule has 0 spiro atoms. The second-order valence-electron chi connectivity index (χ2n) is 5.30. The largest absolute Gasteiger partial charge is 0.376 e. The van der Waals surface area contributed by atoms with E-state index in [1.807, 2.05) is 13.8 Å². The summed E-state index contributed by atoms with van der Waals surface area (Å²) >= 11 is 0. The minimum absolute atomic E-state index is 0.135. The van der Waals surface area contributed by atoms with E-state index >= 15 is 0 Å². The molecule has 112 valence electrons. The van der Waals surface area contributed by atoms with Gasteiger partial charge in [-0.25, -0.2) is 13.2 Å². The van der Waals surface area contributed by atoms with E-state index in [0.717, 1.165) is 18.9 Å². The Balaban J connectivity index is 2.33. The fourth-order valence-corrected chi connectivity index (χ4v) is 2.63. The molecule has 1 heterocycles. The van der Waals surface area contributed by atoms with Crippen molar-refractivity contribution in [2.24, 2.45) is 5.92 Å². The molecule has 0 bridgehead atoms. The molecule has 1 fully saturated rings. The van der Waals surface area contributed by atoms with E-state index in [0.29, 0.717) is 13.2 Å². The van der Waals surface area contributed by atoms with Crippen LogP contribution in [0.1, 0.15) is 38.3 Å². The molecule has 3 unspecified atom stereocenters. The van der Waals surface area contributed by atoms with Crippen molar-refractivity contribution in [2.75, 3.05) is 13.2 Å². The van der Waals surface area contributed by atoms with Crippen LogP contribution in [-0.4, -0.2) is 19.3 Å². The van der Waals surface area contributed by atoms with E-state index in [1.54, 1.807) is 0 Å². The van der Waals surface area contributed by atoms with E-state index < -0.39 is 23.5 Å². The summed E-state index contributed by atoms with van der Waals surface area (Å²) in [5, 5.41) is 3.19. The van der Waals surface area contributed by atoms with Crippen molar-refractivity contribution < 1.29 is 17.9 Å². The summed E-state index contributed by atoms with van der Waals surface area (Å²) in [6.07, 6.45) is 1.53. The zero-order chi connectivity index (χ0) is 14.7. The van der Waals surface area contributed by atoms with Gasteiger partial charge in [0.15, 0.2) is 17.5 Å². The third-order valence-corrected chi connectivity index (χ3v) is 3.79. The van der Waals surface area contributed by atoms with Gasteiger partial charge in [-0.3, -0.25) is 0 Å². The molecule has 5 heteroatoms. The summed E-state index contributed by atoms with van der Waals surface area (Å²) in [5.74, 6) is -3.46. The fraction of sp³-hybridized carbons (Fsp3) is 0.600. The van der Waals surface area contributed by atoms with Crippen molar-refractivity contribution in [1.29, 1.82) is 0 Å². The standard InChI is InChI=1S/C15H20F3NO/c1-3-7-19-14(15-9(2)6-8-20-15)10-4-5-11(16)13(18)12(10)17/h4-5,9,14-15,19H,3,6-8H2,1-2H3. The number of hydrogen-bond donors (Lipinski definition) is 1. The van der Waals surface area contributed by atoms with Crippen LogP contribution in [0.3, 0.4) is 0 Å². The molecule has 0 saturated carbocycles. The number of benzene rings is 1. The minimum Gasteiger partial charge on any atom is -0.376 e. The first-order valence-corrected chi connectivity index (χ1v) is 7.04. The lowest BCUT2D eigenvalue weighted by Crippen LogP contribution is -2.36. The van der Waals surface area contributed by atoms with Gasteiger partial charge in [0.2, 0.25) is 0 Å². The smallest absolute Gasteiger partial charge is 0.194 e. The Morgan fingerprint density at radius 2 is 2.05 bits per heavy atom. The predicted octanol–water partition coefficient (Wildman–Crippen LogP) is 3.57. The molecule has 1 saturated heterocycles. The molecular weight excluding hydrogens is 267 g/mol. The molecule has 20 heavy (non-hydrogen) atoms. The Morgan fingerprint density at radius 1 is 1.30 bits per heavy atom. The first-order chi connectivity index (χ1) is 9.56. The molecule has 1 aliphatic rings. The number of hydrogen-bond acceptors (Lipinski definition) is 2. The summed E-state index contributed by atoms with van der Waals surface area (Å²) in [4.78, 5) is 0. The molecular formula is C15H20F3NO. The van der Waals surface area contributed by atoms with Gasteiger partial charge in [0.05, 0.1) is 12.1 Å². The van der Waals surface area contributed by atoms with Crippen LogP contribution in [0.2, 0.25) is 0 Å². The molecule has 0 aliphatic carbocycles. The molecule has 2 rings (SSSR count). The third-order valence-electron chi connectivity index (χ3n) is 3.79. The molecule has 0 radical (unpaired) electrons. The maximum Gasteiger partial charge on any atom is 0.194 e. The zero-order valence-electron chi connectivity index (χ0n) is 11.8. The minimum atomic E-state index is -1.42. The van der Waals surface area contributed by atoms with E-state index in [4.69, 9.17) is 4.74 Å². The molecule has 0 amide bonds. The van der Waals surface area contributed by atoms with Crippen LogP contribution >= 0.6 is 0 Å². The summed E-state index contributed by atoms with van der Waals surface area (Å²) in [6, 6.07) is 1.81. The van der Waals surface area contributed by atoms with Crippen molar-refractivity contribution in [3.63, 3.8) is 0 Å².